The smallest absolute Gasteiger partial charge is 0.192 e. The zero-order chi connectivity index (χ0) is 19.3. The van der Waals surface area contributed by atoms with Crippen LogP contribution < -0.4 is 4.74 Å². The first kappa shape index (κ1) is 18.1. The number of carbonyl (C=O) groups excluding carboxylic acids is 1. The van der Waals surface area contributed by atoms with Gasteiger partial charge in [-0.3, -0.25) is 9.36 Å². The number of carbonyl (C=O) groups is 1. The summed E-state index contributed by atoms with van der Waals surface area (Å²) in [5.41, 5.74) is 1.49. The summed E-state index contributed by atoms with van der Waals surface area (Å²) in [6.45, 7) is 0.473. The van der Waals surface area contributed by atoms with Gasteiger partial charge in [-0.25, -0.2) is 0 Å². The molecule has 0 bridgehead atoms. The molecule has 0 amide bonds. The molecule has 7 nitrogen and oxygen atoms in total. The fourth-order valence-electron chi connectivity index (χ4n) is 2.76. The van der Waals surface area contributed by atoms with Gasteiger partial charge in [-0.1, -0.05) is 11.8 Å². The molecule has 142 valence electrons. The zero-order valence-corrected chi connectivity index (χ0v) is 16.0. The summed E-state index contributed by atoms with van der Waals surface area (Å²) in [7, 11) is 1.63. The summed E-state index contributed by atoms with van der Waals surface area (Å²) >= 11 is 1.35. The van der Waals surface area contributed by atoms with Crippen molar-refractivity contribution >= 4 is 17.5 Å². The molecular formula is C20H18N4O3S. The highest BCUT2D eigenvalue weighted by atomic mass is 32.2. The number of nitrogens with zero attached hydrogens (tertiary/aromatic N) is 3. The molecule has 0 fully saturated rings. The number of Topliss-reactive ketones (excluding diaryl/α,β-unsaturated/α-hetero) is 1. The number of thioether (sulfide) groups is 1. The average molecular weight is 394 g/mol. The standard InChI is InChI=1S/C20H18N4O3S/c1-26-15-8-6-14(7-9-15)19-22-23-20(24(19)12-16-4-3-11-27-16)28-13-18(25)17-5-2-10-21-17/h2-11,21H,12-13H2,1H3. The molecule has 0 atom stereocenters. The number of rotatable bonds is 8. The lowest BCUT2D eigenvalue weighted by Crippen LogP contribution is -2.07. The Labute approximate surface area is 165 Å². The van der Waals surface area contributed by atoms with E-state index in [2.05, 4.69) is 15.2 Å². The Morgan fingerprint density at radius 1 is 1.18 bits per heavy atom. The Hall–Kier alpha value is -3.26. The van der Waals surface area contributed by atoms with Crippen LogP contribution in [0.5, 0.6) is 5.75 Å². The second-order valence-electron chi connectivity index (χ2n) is 6.00. The average Bonchev–Trinajstić information content (AvgIpc) is 3.49. The number of H-pyrrole nitrogens is 1. The molecule has 0 aliphatic rings. The van der Waals surface area contributed by atoms with E-state index in [1.807, 2.05) is 41.0 Å². The third-order valence-corrected chi connectivity index (χ3v) is 5.16. The van der Waals surface area contributed by atoms with E-state index in [-0.39, 0.29) is 11.5 Å². The van der Waals surface area contributed by atoms with Crippen molar-refractivity contribution in [3.05, 3.63) is 72.4 Å². The summed E-state index contributed by atoms with van der Waals surface area (Å²) in [4.78, 5) is 15.2. The van der Waals surface area contributed by atoms with Gasteiger partial charge in [0.05, 0.1) is 31.4 Å². The number of aromatic nitrogens is 4. The normalized spacial score (nSPS) is 10.9. The zero-order valence-electron chi connectivity index (χ0n) is 15.2. The van der Waals surface area contributed by atoms with Crippen molar-refractivity contribution in [2.75, 3.05) is 12.9 Å². The first-order chi connectivity index (χ1) is 13.7. The van der Waals surface area contributed by atoms with Crippen LogP contribution in [-0.2, 0) is 6.54 Å². The highest BCUT2D eigenvalue weighted by molar-refractivity contribution is 7.99. The maximum Gasteiger partial charge on any atom is 0.192 e. The van der Waals surface area contributed by atoms with Crippen molar-refractivity contribution in [3.8, 4) is 17.1 Å². The maximum absolute atomic E-state index is 12.3. The largest absolute Gasteiger partial charge is 0.497 e. The van der Waals surface area contributed by atoms with E-state index < -0.39 is 0 Å². The van der Waals surface area contributed by atoms with Crippen molar-refractivity contribution in [1.82, 2.24) is 19.7 Å². The van der Waals surface area contributed by atoms with Gasteiger partial charge in [0, 0.05) is 11.8 Å². The molecule has 0 unspecified atom stereocenters. The summed E-state index contributed by atoms with van der Waals surface area (Å²) in [6.07, 6.45) is 3.37. The van der Waals surface area contributed by atoms with Crippen LogP contribution in [0.15, 0.2) is 70.6 Å². The van der Waals surface area contributed by atoms with Crippen LogP contribution >= 0.6 is 11.8 Å². The van der Waals surface area contributed by atoms with Gasteiger partial charge >= 0.3 is 0 Å². The van der Waals surface area contributed by atoms with Gasteiger partial charge < -0.3 is 14.1 Å². The number of ketones is 1. The molecule has 1 N–H and O–H groups in total. The third-order valence-electron chi connectivity index (χ3n) is 4.19. The monoisotopic (exact) mass is 394 g/mol. The molecule has 28 heavy (non-hydrogen) atoms. The van der Waals surface area contributed by atoms with Gasteiger partial charge in [0.25, 0.3) is 0 Å². The van der Waals surface area contributed by atoms with Crippen LogP contribution in [0.2, 0.25) is 0 Å². The number of hydrogen-bond donors (Lipinski definition) is 1. The van der Waals surface area contributed by atoms with Gasteiger partial charge in [0.1, 0.15) is 11.5 Å². The molecule has 8 heteroatoms. The van der Waals surface area contributed by atoms with Crippen molar-refractivity contribution < 1.29 is 13.9 Å². The predicted molar refractivity (Wildman–Crippen MR) is 106 cm³/mol. The lowest BCUT2D eigenvalue weighted by atomic mass is 10.2. The van der Waals surface area contributed by atoms with E-state index in [1.54, 1.807) is 31.7 Å². The Morgan fingerprint density at radius 2 is 2.04 bits per heavy atom. The second kappa shape index (κ2) is 8.18. The lowest BCUT2D eigenvalue weighted by molar-refractivity contribution is 0.101. The minimum atomic E-state index is 0.00791. The SMILES string of the molecule is COc1ccc(-c2nnc(SCC(=O)c3ccc[nH]3)n2Cc2ccco2)cc1. The van der Waals surface area contributed by atoms with Crippen LogP contribution in [0.1, 0.15) is 16.2 Å². The number of ether oxygens (including phenoxy) is 1. The number of hydrogen-bond acceptors (Lipinski definition) is 6. The Bertz CT molecular complexity index is 1040. The first-order valence-corrected chi connectivity index (χ1v) is 9.62. The molecule has 1 aromatic carbocycles. The van der Waals surface area contributed by atoms with Crippen molar-refractivity contribution in [2.45, 2.75) is 11.7 Å². The van der Waals surface area contributed by atoms with E-state index >= 15 is 0 Å². The van der Waals surface area contributed by atoms with Gasteiger partial charge in [0.2, 0.25) is 0 Å². The molecule has 0 saturated heterocycles. The van der Waals surface area contributed by atoms with E-state index in [0.29, 0.717) is 23.2 Å². The summed E-state index contributed by atoms with van der Waals surface area (Å²) in [5.74, 6) is 2.53. The van der Waals surface area contributed by atoms with Crippen LogP contribution in [0.4, 0.5) is 0 Å². The fraction of sp³-hybridized carbons (Fsp3) is 0.150. The maximum atomic E-state index is 12.3. The van der Waals surface area contributed by atoms with E-state index in [4.69, 9.17) is 9.15 Å². The second-order valence-corrected chi connectivity index (χ2v) is 6.94. The Kier molecular flexibility index (Phi) is 5.29. The van der Waals surface area contributed by atoms with Crippen LogP contribution in [-0.4, -0.2) is 38.4 Å². The lowest BCUT2D eigenvalue weighted by Gasteiger charge is -2.09. The molecule has 0 saturated carbocycles. The van der Waals surface area contributed by atoms with Crippen molar-refractivity contribution in [2.24, 2.45) is 0 Å². The van der Waals surface area contributed by atoms with Crippen molar-refractivity contribution in [3.63, 3.8) is 0 Å². The van der Waals surface area contributed by atoms with E-state index in [1.165, 1.54) is 11.8 Å². The van der Waals surface area contributed by atoms with Gasteiger partial charge in [-0.05, 0) is 48.5 Å². The molecule has 0 aliphatic heterocycles. The van der Waals surface area contributed by atoms with Crippen LogP contribution in [0, 0.1) is 0 Å². The summed E-state index contributed by atoms with van der Waals surface area (Å²) < 4.78 is 12.7. The van der Waals surface area contributed by atoms with E-state index in [9.17, 15) is 4.79 Å². The third kappa shape index (κ3) is 3.86. The number of nitrogens with one attached hydrogen (secondary N) is 1. The predicted octanol–water partition coefficient (Wildman–Crippen LogP) is 3.90. The summed E-state index contributed by atoms with van der Waals surface area (Å²) in [6, 6.07) is 14.9. The molecular weight excluding hydrogens is 376 g/mol. The number of furan rings is 1. The molecule has 3 aromatic heterocycles. The van der Waals surface area contributed by atoms with E-state index in [0.717, 1.165) is 17.1 Å². The highest BCUT2D eigenvalue weighted by Crippen LogP contribution is 2.27. The molecule has 0 spiro atoms. The molecule has 0 aliphatic carbocycles. The van der Waals surface area contributed by atoms with Gasteiger partial charge in [-0.2, -0.15) is 0 Å². The molecule has 4 rings (SSSR count). The molecule has 0 radical (unpaired) electrons. The molecule has 3 heterocycles. The Balaban J connectivity index is 1.61. The van der Waals surface area contributed by atoms with Crippen LogP contribution in [0.3, 0.4) is 0 Å². The minimum Gasteiger partial charge on any atom is -0.497 e. The highest BCUT2D eigenvalue weighted by Gasteiger charge is 2.17. The van der Waals surface area contributed by atoms with Crippen LogP contribution in [0.25, 0.3) is 11.4 Å². The molecule has 4 aromatic rings. The fourth-order valence-corrected chi connectivity index (χ4v) is 3.58. The minimum absolute atomic E-state index is 0.00791. The topological polar surface area (TPSA) is 85.9 Å². The summed E-state index contributed by atoms with van der Waals surface area (Å²) in [5, 5.41) is 9.32. The van der Waals surface area contributed by atoms with Crippen molar-refractivity contribution in [1.29, 1.82) is 0 Å². The quantitative estimate of drug-likeness (QED) is 0.360. The number of benzene rings is 1. The first-order valence-electron chi connectivity index (χ1n) is 8.64. The number of methoxy groups -OCH3 is 1. The van der Waals surface area contributed by atoms with Gasteiger partial charge in [0.15, 0.2) is 16.8 Å². The van der Waals surface area contributed by atoms with Gasteiger partial charge in [-0.15, -0.1) is 10.2 Å². The number of aromatic amines is 1. The Morgan fingerprint density at radius 3 is 2.71 bits per heavy atom.